The molecule has 0 bridgehead atoms. The molecule has 1 atom stereocenters. The van der Waals surface area contributed by atoms with E-state index in [9.17, 15) is 0 Å². The van der Waals surface area contributed by atoms with Gasteiger partial charge < -0.3 is 9.16 Å². The number of pyridine rings is 1. The van der Waals surface area contributed by atoms with Crippen LogP contribution in [-0.2, 0) is 9.84 Å². The fraction of sp³-hybridized carbons (Fsp3) is 0.667. The van der Waals surface area contributed by atoms with Gasteiger partial charge in [0.2, 0.25) is 0 Å². The Balaban J connectivity index is 2.24. The zero-order valence-electron chi connectivity index (χ0n) is 13.5. The van der Waals surface area contributed by atoms with E-state index in [2.05, 4.69) is 90.4 Å². The summed E-state index contributed by atoms with van der Waals surface area (Å²) in [6, 6.07) is 2.11. The topological polar surface area (TPSA) is 31.4 Å². The summed E-state index contributed by atoms with van der Waals surface area (Å²) in [5.41, 5.74) is 1.10. The van der Waals surface area contributed by atoms with E-state index in [1.54, 1.807) is 0 Å². The predicted molar refractivity (Wildman–Crippen MR) is 101 cm³/mol. The highest BCUT2D eigenvalue weighted by atomic mass is 127. The molecule has 1 aliphatic heterocycles. The van der Waals surface area contributed by atoms with Crippen LogP contribution in [0.25, 0.3) is 0 Å². The maximum atomic E-state index is 6.44. The highest BCUT2D eigenvalue weighted by molar-refractivity contribution is 14.1. The van der Waals surface area contributed by atoms with E-state index < -0.39 is 8.32 Å². The van der Waals surface area contributed by atoms with E-state index in [4.69, 9.17) is 9.16 Å². The maximum Gasteiger partial charge on any atom is 0.192 e. The molecule has 3 nitrogen and oxygen atoms in total. The summed E-state index contributed by atoms with van der Waals surface area (Å²) in [4.78, 5) is 4.41. The summed E-state index contributed by atoms with van der Waals surface area (Å²) in [6.45, 7) is 15.0. The van der Waals surface area contributed by atoms with Crippen molar-refractivity contribution >= 4 is 46.8 Å². The number of rotatable bonds is 3. The van der Waals surface area contributed by atoms with E-state index >= 15 is 0 Å². The van der Waals surface area contributed by atoms with Crippen LogP contribution in [0.3, 0.4) is 0 Å². The van der Waals surface area contributed by atoms with Crippen molar-refractivity contribution in [1.29, 1.82) is 0 Å². The number of nitrogens with zero attached hydrogens (tertiary/aromatic N) is 1. The molecule has 0 fully saturated rings. The normalized spacial score (nSPS) is 22.1. The Bertz CT molecular complexity index is 559. The summed E-state index contributed by atoms with van der Waals surface area (Å²) < 4.78 is 14.1. The van der Waals surface area contributed by atoms with Crippen molar-refractivity contribution in [3.63, 3.8) is 0 Å². The molecule has 1 aliphatic rings. The third kappa shape index (κ3) is 3.48. The predicted octanol–water partition coefficient (Wildman–Crippen LogP) is 5.12. The number of aromatic nitrogens is 1. The van der Waals surface area contributed by atoms with Crippen LogP contribution >= 0.6 is 38.5 Å². The van der Waals surface area contributed by atoms with Crippen LogP contribution in [-0.4, -0.2) is 26.5 Å². The Morgan fingerprint density at radius 3 is 2.67 bits per heavy atom. The summed E-state index contributed by atoms with van der Waals surface area (Å²) in [5.74, 6) is 0.872. The molecule has 6 heteroatoms. The molecule has 21 heavy (non-hydrogen) atoms. The number of ether oxygens (including phenoxy) is 1. The van der Waals surface area contributed by atoms with Gasteiger partial charge in [-0.25, -0.2) is 4.98 Å². The lowest BCUT2D eigenvalue weighted by Crippen LogP contribution is -2.45. The molecule has 118 valence electrons. The highest BCUT2D eigenvalue weighted by Crippen LogP contribution is 2.44. The molecule has 0 aromatic carbocycles. The van der Waals surface area contributed by atoms with Crippen molar-refractivity contribution in [1.82, 2.24) is 4.98 Å². The number of halogens is 2. The Hall–Kier alpha value is 0.337. The minimum atomic E-state index is -1.75. The summed E-state index contributed by atoms with van der Waals surface area (Å²) in [6.07, 6.45) is 0. The minimum absolute atomic E-state index is 0.101. The molecule has 0 saturated heterocycles. The van der Waals surface area contributed by atoms with Gasteiger partial charge in [0.1, 0.15) is 14.9 Å². The average molecular weight is 484 g/mol. The number of fused-ring (bicyclic) bond motifs is 1. The van der Waals surface area contributed by atoms with Gasteiger partial charge in [-0.05, 0) is 69.6 Å². The van der Waals surface area contributed by atoms with Crippen LogP contribution in [0.15, 0.2) is 10.7 Å². The van der Waals surface area contributed by atoms with Crippen LogP contribution in [0.5, 0.6) is 5.75 Å². The van der Waals surface area contributed by atoms with Gasteiger partial charge in [-0.3, -0.25) is 0 Å². The van der Waals surface area contributed by atoms with Crippen molar-refractivity contribution in [3.05, 3.63) is 19.9 Å². The zero-order valence-corrected chi connectivity index (χ0v) is 18.3. The van der Waals surface area contributed by atoms with Gasteiger partial charge in [-0.1, -0.05) is 20.8 Å². The van der Waals surface area contributed by atoms with E-state index in [0.717, 1.165) is 14.1 Å². The van der Waals surface area contributed by atoms with Crippen molar-refractivity contribution in [3.8, 4) is 5.75 Å². The lowest BCUT2D eigenvalue weighted by atomic mass is 9.86. The van der Waals surface area contributed by atoms with Crippen LogP contribution in [0.2, 0.25) is 18.1 Å². The van der Waals surface area contributed by atoms with Gasteiger partial charge in [0.15, 0.2) is 14.1 Å². The molecule has 0 radical (unpaired) electrons. The van der Waals surface area contributed by atoms with E-state index in [1.807, 2.05) is 0 Å². The molecule has 2 rings (SSSR count). The van der Waals surface area contributed by atoms with Crippen molar-refractivity contribution in [2.45, 2.75) is 51.2 Å². The molecule has 1 aromatic heterocycles. The van der Waals surface area contributed by atoms with Gasteiger partial charge in [0.25, 0.3) is 0 Å². The third-order valence-corrected chi connectivity index (χ3v) is 10.2. The first-order valence-electron chi connectivity index (χ1n) is 7.10. The quantitative estimate of drug-likeness (QED) is 0.339. The Morgan fingerprint density at radius 1 is 1.48 bits per heavy atom. The number of hydrogen-bond acceptors (Lipinski definition) is 3. The second kappa shape index (κ2) is 5.76. The van der Waals surface area contributed by atoms with Crippen molar-refractivity contribution in [2.75, 3.05) is 13.2 Å². The average Bonchev–Trinajstić information content (AvgIpc) is 2.65. The molecule has 0 spiro atoms. The van der Waals surface area contributed by atoms with Gasteiger partial charge in [0.05, 0.1) is 5.41 Å². The molecule has 0 saturated carbocycles. The maximum absolute atomic E-state index is 6.44. The van der Waals surface area contributed by atoms with Gasteiger partial charge in [-0.15, -0.1) is 0 Å². The van der Waals surface area contributed by atoms with Crippen LogP contribution in [0.4, 0.5) is 0 Å². The fourth-order valence-corrected chi connectivity index (χ4v) is 4.56. The molecule has 0 N–H and O–H groups in total. The molecule has 0 amide bonds. The van der Waals surface area contributed by atoms with Crippen LogP contribution in [0.1, 0.15) is 33.3 Å². The summed E-state index contributed by atoms with van der Waals surface area (Å²) in [5, 5.41) is 0.221. The molecule has 2 heterocycles. The van der Waals surface area contributed by atoms with E-state index in [0.29, 0.717) is 13.2 Å². The fourth-order valence-electron chi connectivity index (χ4n) is 2.04. The first-order valence-corrected chi connectivity index (χ1v) is 11.9. The van der Waals surface area contributed by atoms with Crippen molar-refractivity contribution in [2.24, 2.45) is 0 Å². The molecular weight excluding hydrogens is 461 g/mol. The van der Waals surface area contributed by atoms with Gasteiger partial charge in [0, 0.05) is 12.2 Å². The standard InChI is InChI=1S/C15H23BrINO2Si/c1-14(2,3)21(5,6)20-9-15(4)8-19-12-10(15)7-11(17)18-13(12)16/h7H,8-9H2,1-6H3/t15-/m1/s1. The molecular formula is C15H23BrINO2Si. The zero-order chi connectivity index (χ0) is 16.1. The molecule has 0 unspecified atom stereocenters. The monoisotopic (exact) mass is 483 g/mol. The Kier molecular flexibility index (Phi) is 4.85. The first-order chi connectivity index (χ1) is 9.46. The van der Waals surface area contributed by atoms with Gasteiger partial charge in [-0.2, -0.15) is 0 Å². The minimum Gasteiger partial charge on any atom is -0.489 e. The second-order valence-electron chi connectivity index (χ2n) is 7.51. The Morgan fingerprint density at radius 2 is 2.10 bits per heavy atom. The van der Waals surface area contributed by atoms with Crippen LogP contribution < -0.4 is 4.74 Å². The first kappa shape index (κ1) is 17.7. The second-order valence-corrected chi connectivity index (χ2v) is 14.2. The van der Waals surface area contributed by atoms with E-state index in [1.165, 1.54) is 5.56 Å². The van der Waals surface area contributed by atoms with Gasteiger partial charge >= 0.3 is 0 Å². The smallest absolute Gasteiger partial charge is 0.192 e. The molecule has 1 aromatic rings. The van der Waals surface area contributed by atoms with Crippen LogP contribution in [0, 0.1) is 3.70 Å². The largest absolute Gasteiger partial charge is 0.489 e. The van der Waals surface area contributed by atoms with Crippen molar-refractivity contribution < 1.29 is 9.16 Å². The third-order valence-electron chi connectivity index (χ3n) is 4.64. The molecule has 0 aliphatic carbocycles. The Labute approximate surface area is 150 Å². The lowest BCUT2D eigenvalue weighted by Gasteiger charge is -2.38. The lowest BCUT2D eigenvalue weighted by molar-refractivity contribution is 0.175. The van der Waals surface area contributed by atoms with E-state index in [-0.39, 0.29) is 10.5 Å². The highest BCUT2D eigenvalue weighted by Gasteiger charge is 2.43. The number of hydrogen-bond donors (Lipinski definition) is 0. The summed E-state index contributed by atoms with van der Waals surface area (Å²) in [7, 11) is -1.75. The summed E-state index contributed by atoms with van der Waals surface area (Å²) >= 11 is 5.74. The SMILES string of the molecule is CC(C)(C)[Si](C)(C)OC[C@@]1(C)COc2c1cc(I)nc2Br.